The van der Waals surface area contributed by atoms with Crippen molar-refractivity contribution >= 4 is 11.7 Å². The molecule has 0 unspecified atom stereocenters. The van der Waals surface area contributed by atoms with Crippen LogP contribution in [0.2, 0.25) is 0 Å². The lowest BCUT2D eigenvalue weighted by Gasteiger charge is -2.32. The average molecular weight is 328 g/mol. The van der Waals surface area contributed by atoms with E-state index >= 15 is 0 Å². The van der Waals surface area contributed by atoms with Gasteiger partial charge in [0.2, 0.25) is 0 Å². The molecule has 0 radical (unpaired) electrons. The molecule has 0 spiro atoms. The molecule has 1 aliphatic rings. The summed E-state index contributed by atoms with van der Waals surface area (Å²) in [5, 5.41) is 10.6. The molecule has 3 rings (SSSR count). The van der Waals surface area contributed by atoms with Gasteiger partial charge in [-0.05, 0) is 25.0 Å². The van der Waals surface area contributed by atoms with Crippen LogP contribution in [0.4, 0.5) is 5.82 Å². The number of likely N-dealkylation sites (tertiary alicyclic amines) is 1. The molecular formula is C17H24N6O. The molecule has 7 heteroatoms. The van der Waals surface area contributed by atoms with Crippen molar-refractivity contribution in [2.75, 3.05) is 18.4 Å². The lowest BCUT2D eigenvalue weighted by Crippen LogP contribution is -2.42. The lowest BCUT2D eigenvalue weighted by molar-refractivity contribution is 0.0712. The highest BCUT2D eigenvalue weighted by Crippen LogP contribution is 2.22. The largest absolute Gasteiger partial charge is 0.367 e. The van der Waals surface area contributed by atoms with Crippen molar-refractivity contribution in [1.82, 2.24) is 25.1 Å². The highest BCUT2D eigenvalue weighted by molar-refractivity contribution is 5.92. The van der Waals surface area contributed by atoms with Gasteiger partial charge in [0.05, 0.1) is 0 Å². The summed E-state index contributed by atoms with van der Waals surface area (Å²) in [5.74, 6) is 0.833. The zero-order valence-electron chi connectivity index (χ0n) is 14.4. The van der Waals surface area contributed by atoms with Crippen LogP contribution in [0.25, 0.3) is 0 Å². The van der Waals surface area contributed by atoms with E-state index < -0.39 is 0 Å². The Hall–Kier alpha value is -2.44. The summed E-state index contributed by atoms with van der Waals surface area (Å²) in [7, 11) is 0. The van der Waals surface area contributed by atoms with E-state index in [1.165, 1.54) is 6.33 Å². The fraction of sp³-hybridized carbons (Fsp3) is 0.529. The maximum Gasteiger partial charge on any atom is 0.274 e. The van der Waals surface area contributed by atoms with Crippen molar-refractivity contribution < 1.29 is 4.79 Å². The number of nitrogens with zero attached hydrogens (tertiary/aromatic N) is 4. The molecule has 24 heavy (non-hydrogen) atoms. The molecule has 0 aliphatic carbocycles. The Morgan fingerprint density at radius 2 is 2.08 bits per heavy atom. The first-order valence-electron chi connectivity index (χ1n) is 8.31. The molecule has 0 bridgehead atoms. The molecule has 0 saturated carbocycles. The van der Waals surface area contributed by atoms with Crippen LogP contribution in [0.5, 0.6) is 0 Å². The molecule has 2 N–H and O–H groups in total. The Kier molecular flexibility index (Phi) is 4.51. The predicted octanol–water partition coefficient (Wildman–Crippen LogP) is 2.21. The summed E-state index contributed by atoms with van der Waals surface area (Å²) in [6.07, 6.45) is 5.04. The molecule has 7 nitrogen and oxygen atoms in total. The monoisotopic (exact) mass is 328 g/mol. The molecule has 2 aromatic rings. The van der Waals surface area contributed by atoms with Crippen LogP contribution in [0.15, 0.2) is 24.7 Å². The second-order valence-electron chi connectivity index (χ2n) is 7.22. The van der Waals surface area contributed by atoms with Crippen LogP contribution >= 0.6 is 0 Å². The molecule has 1 fully saturated rings. The van der Waals surface area contributed by atoms with Gasteiger partial charge in [0.15, 0.2) is 0 Å². The first-order chi connectivity index (χ1) is 11.4. The molecule has 1 saturated heterocycles. The summed E-state index contributed by atoms with van der Waals surface area (Å²) in [4.78, 5) is 22.6. The number of carbonyl (C=O) groups is 1. The van der Waals surface area contributed by atoms with Gasteiger partial charge in [-0.25, -0.2) is 9.97 Å². The maximum absolute atomic E-state index is 12.6. The summed E-state index contributed by atoms with van der Waals surface area (Å²) in [6, 6.07) is 4.05. The third-order valence-electron chi connectivity index (χ3n) is 4.32. The maximum atomic E-state index is 12.6. The number of carbonyl (C=O) groups excluding carboxylic acids is 1. The van der Waals surface area contributed by atoms with E-state index in [1.807, 2.05) is 17.0 Å². The van der Waals surface area contributed by atoms with E-state index in [0.717, 1.165) is 37.4 Å². The number of rotatable bonds is 3. The number of aromatic amines is 1. The van der Waals surface area contributed by atoms with Gasteiger partial charge in [-0.15, -0.1) is 0 Å². The Labute approximate surface area is 141 Å². The highest BCUT2D eigenvalue weighted by atomic mass is 16.2. The molecule has 2 aromatic heterocycles. The van der Waals surface area contributed by atoms with Crippen molar-refractivity contribution in [2.45, 2.75) is 45.1 Å². The van der Waals surface area contributed by atoms with Crippen molar-refractivity contribution in [2.24, 2.45) is 0 Å². The fourth-order valence-electron chi connectivity index (χ4n) is 2.79. The molecule has 0 atom stereocenters. The number of anilines is 1. The molecular weight excluding hydrogens is 304 g/mol. The van der Waals surface area contributed by atoms with Crippen molar-refractivity contribution in [3.63, 3.8) is 0 Å². The van der Waals surface area contributed by atoms with E-state index in [0.29, 0.717) is 11.7 Å². The summed E-state index contributed by atoms with van der Waals surface area (Å²) < 4.78 is 0. The Morgan fingerprint density at radius 1 is 1.33 bits per heavy atom. The van der Waals surface area contributed by atoms with E-state index in [9.17, 15) is 4.79 Å². The van der Waals surface area contributed by atoms with E-state index in [4.69, 9.17) is 0 Å². The minimum atomic E-state index is -0.0417. The topological polar surface area (TPSA) is 86.8 Å². The highest BCUT2D eigenvalue weighted by Gasteiger charge is 2.26. The van der Waals surface area contributed by atoms with Crippen molar-refractivity contribution in [3.05, 3.63) is 36.0 Å². The Morgan fingerprint density at radius 3 is 2.67 bits per heavy atom. The van der Waals surface area contributed by atoms with Crippen molar-refractivity contribution in [1.29, 1.82) is 0 Å². The van der Waals surface area contributed by atoms with E-state index in [-0.39, 0.29) is 11.3 Å². The van der Waals surface area contributed by atoms with Crippen LogP contribution in [-0.2, 0) is 5.41 Å². The quantitative estimate of drug-likeness (QED) is 0.902. The first-order valence-corrected chi connectivity index (χ1v) is 8.31. The minimum Gasteiger partial charge on any atom is -0.367 e. The number of aromatic nitrogens is 4. The third kappa shape index (κ3) is 3.72. The SMILES string of the molecule is CC(C)(C)c1cc(C(=O)N2CCC(Nc3ccncn3)CC2)n[nH]1. The van der Waals surface area contributed by atoms with Gasteiger partial charge >= 0.3 is 0 Å². The molecule has 0 aromatic carbocycles. The first kappa shape index (κ1) is 16.4. The van der Waals surface area contributed by atoms with Gasteiger partial charge in [0, 0.05) is 36.4 Å². The van der Waals surface area contributed by atoms with Crippen LogP contribution in [0.3, 0.4) is 0 Å². The van der Waals surface area contributed by atoms with Gasteiger partial charge < -0.3 is 10.2 Å². The van der Waals surface area contributed by atoms with Gasteiger partial charge in [0.25, 0.3) is 5.91 Å². The van der Waals surface area contributed by atoms with Crippen molar-refractivity contribution in [3.8, 4) is 0 Å². The van der Waals surface area contributed by atoms with Crippen LogP contribution in [-0.4, -0.2) is 50.1 Å². The van der Waals surface area contributed by atoms with Crippen LogP contribution < -0.4 is 5.32 Å². The van der Waals surface area contributed by atoms with E-state index in [2.05, 4.69) is 46.3 Å². The zero-order chi connectivity index (χ0) is 17.2. The second-order valence-corrected chi connectivity index (χ2v) is 7.22. The number of nitrogens with one attached hydrogen (secondary N) is 2. The molecule has 1 amide bonds. The molecule has 128 valence electrons. The number of amides is 1. The standard InChI is InChI=1S/C17H24N6O/c1-17(2,3)14-10-13(21-22-14)16(24)23-8-5-12(6-9-23)20-15-4-7-18-11-19-15/h4,7,10-12H,5-6,8-9H2,1-3H3,(H,21,22)(H,18,19,20). The fourth-order valence-corrected chi connectivity index (χ4v) is 2.79. The number of H-pyrrole nitrogens is 1. The summed E-state index contributed by atoms with van der Waals surface area (Å²) in [6.45, 7) is 7.73. The smallest absolute Gasteiger partial charge is 0.274 e. The normalized spacial score (nSPS) is 16.2. The van der Waals surface area contributed by atoms with E-state index in [1.54, 1.807) is 6.20 Å². The van der Waals surface area contributed by atoms with Crippen LogP contribution in [0.1, 0.15) is 49.8 Å². The van der Waals surface area contributed by atoms with Gasteiger partial charge in [-0.1, -0.05) is 20.8 Å². The minimum absolute atomic E-state index is 0.00207. The number of hydrogen-bond acceptors (Lipinski definition) is 5. The zero-order valence-corrected chi connectivity index (χ0v) is 14.4. The molecule has 1 aliphatic heterocycles. The Balaban J connectivity index is 1.56. The summed E-state index contributed by atoms with van der Waals surface area (Å²) >= 11 is 0. The summed E-state index contributed by atoms with van der Waals surface area (Å²) in [5.41, 5.74) is 1.44. The van der Waals surface area contributed by atoms with Crippen LogP contribution in [0, 0.1) is 0 Å². The average Bonchev–Trinajstić information content (AvgIpc) is 3.06. The van der Waals surface area contributed by atoms with Gasteiger partial charge in [0.1, 0.15) is 17.8 Å². The van der Waals surface area contributed by atoms with Gasteiger partial charge in [-0.2, -0.15) is 5.10 Å². The molecule has 3 heterocycles. The number of hydrogen-bond donors (Lipinski definition) is 2. The van der Waals surface area contributed by atoms with Gasteiger partial charge in [-0.3, -0.25) is 9.89 Å². The Bertz CT molecular complexity index is 683. The lowest BCUT2D eigenvalue weighted by atomic mass is 9.92. The third-order valence-corrected chi connectivity index (χ3v) is 4.32. The predicted molar refractivity (Wildman–Crippen MR) is 91.9 cm³/mol. The second kappa shape index (κ2) is 6.59. The number of piperidine rings is 1.